The first-order valence-electron chi connectivity index (χ1n) is 5.85. The van der Waals surface area contributed by atoms with E-state index in [1.165, 1.54) is 4.88 Å². The topological polar surface area (TPSA) is 54.4 Å². The molecule has 0 spiro atoms. The summed E-state index contributed by atoms with van der Waals surface area (Å²) >= 11 is 3.21. The van der Waals surface area contributed by atoms with Gasteiger partial charge in [0, 0.05) is 10.3 Å². The number of nitrogens with zero attached hydrogens (tertiary/aromatic N) is 2. The first kappa shape index (κ1) is 13.9. The van der Waals surface area contributed by atoms with E-state index in [4.69, 9.17) is 0 Å². The fraction of sp³-hybridized carbons (Fsp3) is 0.308. The molecule has 2 aromatic rings. The Kier molecular flexibility index (Phi) is 4.44. The van der Waals surface area contributed by atoms with Crippen molar-refractivity contribution in [3.05, 3.63) is 38.0 Å². The lowest BCUT2D eigenvalue weighted by Gasteiger charge is -1.99. The maximum Gasteiger partial charge on any atom is 0.246 e. The van der Waals surface area contributed by atoms with Crippen LogP contribution in [0.4, 0.5) is 0 Å². The first-order chi connectivity index (χ1) is 9.04. The molecule has 0 atom stereocenters. The highest BCUT2D eigenvalue weighted by molar-refractivity contribution is 7.14. The van der Waals surface area contributed by atoms with Gasteiger partial charge in [0.2, 0.25) is 5.91 Å². The molecule has 0 radical (unpaired) electrons. The zero-order valence-corrected chi connectivity index (χ0v) is 12.7. The molecular formula is C13H15N3OS2. The zero-order valence-electron chi connectivity index (χ0n) is 11.1. The van der Waals surface area contributed by atoms with Crippen LogP contribution in [0, 0.1) is 13.8 Å². The predicted octanol–water partition coefficient (Wildman–Crippen LogP) is 2.90. The Morgan fingerprint density at radius 3 is 2.79 bits per heavy atom. The highest BCUT2D eigenvalue weighted by Crippen LogP contribution is 2.15. The molecule has 4 nitrogen and oxygen atoms in total. The van der Waals surface area contributed by atoms with Crippen molar-refractivity contribution in [1.82, 2.24) is 10.4 Å². The molecule has 0 saturated carbocycles. The minimum atomic E-state index is -0.141. The van der Waals surface area contributed by atoms with E-state index in [2.05, 4.69) is 15.5 Å². The number of aromatic nitrogens is 1. The lowest BCUT2D eigenvalue weighted by atomic mass is 10.3. The van der Waals surface area contributed by atoms with Gasteiger partial charge in [-0.15, -0.1) is 22.7 Å². The van der Waals surface area contributed by atoms with Crippen LogP contribution in [0.3, 0.4) is 0 Å². The highest BCUT2D eigenvalue weighted by Gasteiger charge is 2.06. The predicted molar refractivity (Wildman–Crippen MR) is 80.0 cm³/mol. The summed E-state index contributed by atoms with van der Waals surface area (Å²) in [7, 11) is 0. The van der Waals surface area contributed by atoms with Gasteiger partial charge in [0.05, 0.1) is 27.7 Å². The number of nitrogens with one attached hydrogen (secondary N) is 1. The smallest absolute Gasteiger partial charge is 0.246 e. The fourth-order valence-electron chi connectivity index (χ4n) is 1.52. The summed E-state index contributed by atoms with van der Waals surface area (Å²) in [5.41, 5.74) is 4.18. The number of rotatable bonds is 4. The van der Waals surface area contributed by atoms with E-state index in [0.717, 1.165) is 21.3 Å². The number of hydrogen-bond acceptors (Lipinski definition) is 5. The average molecular weight is 293 g/mol. The molecule has 2 rings (SSSR count). The van der Waals surface area contributed by atoms with Crippen LogP contribution < -0.4 is 5.43 Å². The molecule has 0 fully saturated rings. The molecule has 0 saturated heterocycles. The van der Waals surface area contributed by atoms with Gasteiger partial charge < -0.3 is 0 Å². The Balaban J connectivity index is 1.92. The van der Waals surface area contributed by atoms with Gasteiger partial charge in [0.15, 0.2) is 0 Å². The molecule has 0 aliphatic rings. The average Bonchev–Trinajstić information content (AvgIpc) is 2.95. The number of thiophene rings is 1. The molecular weight excluding hydrogens is 278 g/mol. The van der Waals surface area contributed by atoms with Crippen LogP contribution in [-0.4, -0.2) is 16.6 Å². The Morgan fingerprint density at radius 2 is 2.21 bits per heavy atom. The molecule has 0 aromatic carbocycles. The van der Waals surface area contributed by atoms with Crippen LogP contribution in [-0.2, 0) is 11.2 Å². The van der Waals surface area contributed by atoms with Crippen molar-refractivity contribution in [2.75, 3.05) is 0 Å². The summed E-state index contributed by atoms with van der Waals surface area (Å²) in [6.07, 6.45) is 0.268. The molecule has 0 bridgehead atoms. The minimum absolute atomic E-state index is 0.141. The van der Waals surface area contributed by atoms with E-state index in [0.29, 0.717) is 0 Å². The Morgan fingerprint density at radius 1 is 1.42 bits per heavy atom. The van der Waals surface area contributed by atoms with Crippen LogP contribution in [0.2, 0.25) is 0 Å². The van der Waals surface area contributed by atoms with Crippen LogP contribution in [0.25, 0.3) is 0 Å². The summed E-state index contributed by atoms with van der Waals surface area (Å²) in [4.78, 5) is 18.3. The summed E-state index contributed by atoms with van der Waals surface area (Å²) in [6.45, 7) is 5.86. The van der Waals surface area contributed by atoms with Gasteiger partial charge in [-0.1, -0.05) is 0 Å². The number of hydrazone groups is 1. The maximum atomic E-state index is 11.7. The lowest BCUT2D eigenvalue weighted by Crippen LogP contribution is -2.21. The monoisotopic (exact) mass is 293 g/mol. The van der Waals surface area contributed by atoms with E-state index in [1.807, 2.05) is 38.3 Å². The highest BCUT2D eigenvalue weighted by atomic mass is 32.1. The third kappa shape index (κ3) is 3.97. The van der Waals surface area contributed by atoms with Crippen molar-refractivity contribution in [3.63, 3.8) is 0 Å². The van der Waals surface area contributed by atoms with Gasteiger partial charge in [-0.2, -0.15) is 5.10 Å². The number of thiazole rings is 1. The third-order valence-corrected chi connectivity index (χ3v) is 4.39. The first-order valence-corrected chi connectivity index (χ1v) is 7.55. The number of carbonyl (C=O) groups is 1. The second-order valence-corrected chi connectivity index (χ2v) is 6.53. The van der Waals surface area contributed by atoms with Gasteiger partial charge in [-0.25, -0.2) is 10.4 Å². The van der Waals surface area contributed by atoms with Crippen molar-refractivity contribution < 1.29 is 4.79 Å². The maximum absolute atomic E-state index is 11.7. The van der Waals surface area contributed by atoms with Gasteiger partial charge in [-0.3, -0.25) is 4.79 Å². The fourth-order valence-corrected chi connectivity index (χ4v) is 2.95. The molecule has 6 heteroatoms. The van der Waals surface area contributed by atoms with E-state index < -0.39 is 0 Å². The van der Waals surface area contributed by atoms with Crippen molar-refractivity contribution in [1.29, 1.82) is 0 Å². The van der Waals surface area contributed by atoms with Gasteiger partial charge in [-0.05, 0) is 32.9 Å². The van der Waals surface area contributed by atoms with Crippen molar-refractivity contribution in [2.24, 2.45) is 5.10 Å². The van der Waals surface area contributed by atoms with E-state index in [9.17, 15) is 4.79 Å². The molecule has 1 N–H and O–H groups in total. The van der Waals surface area contributed by atoms with E-state index >= 15 is 0 Å². The second-order valence-electron chi connectivity index (χ2n) is 4.18. The lowest BCUT2D eigenvalue weighted by molar-refractivity contribution is -0.120. The summed E-state index contributed by atoms with van der Waals surface area (Å²) in [6, 6.07) is 4.05. The zero-order chi connectivity index (χ0) is 13.8. The molecule has 0 aliphatic carbocycles. The molecule has 0 aliphatic heterocycles. The van der Waals surface area contributed by atoms with Crippen LogP contribution >= 0.6 is 22.7 Å². The number of amides is 1. The molecule has 1 amide bonds. The summed E-state index contributed by atoms with van der Waals surface area (Å²) in [5.74, 6) is -0.141. The van der Waals surface area contributed by atoms with Gasteiger partial charge in [0.25, 0.3) is 0 Å². The van der Waals surface area contributed by atoms with Crippen LogP contribution in [0.5, 0.6) is 0 Å². The SMILES string of the molecule is C/C(=N/NC(=O)Cc1csc(C)n1)c1ccc(C)s1. The van der Waals surface area contributed by atoms with Crippen LogP contribution in [0.15, 0.2) is 22.6 Å². The second kappa shape index (κ2) is 6.08. The van der Waals surface area contributed by atoms with Gasteiger partial charge in [0.1, 0.15) is 0 Å². The van der Waals surface area contributed by atoms with E-state index in [-0.39, 0.29) is 12.3 Å². The molecule has 0 unspecified atom stereocenters. The quantitative estimate of drug-likeness (QED) is 0.696. The van der Waals surface area contributed by atoms with Crippen LogP contribution in [0.1, 0.15) is 27.4 Å². The number of carbonyl (C=O) groups excluding carboxylic acids is 1. The third-order valence-electron chi connectivity index (χ3n) is 2.45. The summed E-state index contributed by atoms with van der Waals surface area (Å²) in [5, 5.41) is 6.98. The Bertz CT molecular complexity index is 613. The van der Waals surface area contributed by atoms with Crippen molar-refractivity contribution in [3.8, 4) is 0 Å². The minimum Gasteiger partial charge on any atom is -0.273 e. The van der Waals surface area contributed by atoms with Crippen molar-refractivity contribution in [2.45, 2.75) is 27.2 Å². The Hall–Kier alpha value is -1.53. The molecule has 2 heterocycles. The molecule has 100 valence electrons. The van der Waals surface area contributed by atoms with Gasteiger partial charge >= 0.3 is 0 Å². The molecule has 19 heavy (non-hydrogen) atoms. The number of aryl methyl sites for hydroxylation is 2. The largest absolute Gasteiger partial charge is 0.273 e. The molecule has 2 aromatic heterocycles. The summed E-state index contributed by atoms with van der Waals surface area (Å²) < 4.78 is 0. The van der Waals surface area contributed by atoms with E-state index in [1.54, 1.807) is 22.7 Å². The number of hydrogen-bond donors (Lipinski definition) is 1. The standard InChI is InChI=1S/C13H15N3OS2/c1-8-4-5-12(19-8)9(2)15-16-13(17)6-11-7-18-10(3)14-11/h4-5,7H,6H2,1-3H3,(H,16,17)/b15-9-. The van der Waals surface area contributed by atoms with Crippen molar-refractivity contribution >= 4 is 34.3 Å². The Labute approximate surface area is 120 Å². The normalized spacial score (nSPS) is 11.6.